The summed E-state index contributed by atoms with van der Waals surface area (Å²) in [7, 11) is 0. The van der Waals surface area contributed by atoms with Crippen LogP contribution in [0, 0.1) is 11.6 Å². The third kappa shape index (κ3) is 2.75. The summed E-state index contributed by atoms with van der Waals surface area (Å²) < 4.78 is 27.7. The molecule has 5 heteroatoms. The molecule has 0 heterocycles. The van der Waals surface area contributed by atoms with Crippen molar-refractivity contribution in [2.75, 3.05) is 0 Å². The first-order valence-electron chi connectivity index (χ1n) is 5.28. The summed E-state index contributed by atoms with van der Waals surface area (Å²) in [5, 5.41) is 0. The fourth-order valence-corrected chi connectivity index (χ4v) is 2.17. The van der Waals surface area contributed by atoms with E-state index in [9.17, 15) is 8.78 Å². The number of nitrogens with two attached hydrogens (primary N) is 1. The van der Waals surface area contributed by atoms with Crippen molar-refractivity contribution in [3.63, 3.8) is 0 Å². The molecule has 2 aromatic rings. The van der Waals surface area contributed by atoms with E-state index in [1.54, 1.807) is 24.3 Å². The van der Waals surface area contributed by atoms with E-state index < -0.39 is 11.9 Å². The molecule has 0 fully saturated rings. The fourth-order valence-electron chi connectivity index (χ4n) is 1.79. The molecule has 3 N–H and O–H groups in total. The summed E-state index contributed by atoms with van der Waals surface area (Å²) in [6, 6.07) is 9.85. The molecule has 0 radical (unpaired) electrons. The van der Waals surface area contributed by atoms with Crippen LogP contribution in [0.25, 0.3) is 0 Å². The first-order valence-corrected chi connectivity index (χ1v) is 6.07. The third-order valence-corrected chi connectivity index (χ3v) is 3.11. The average Bonchev–Trinajstić information content (AvgIpc) is 2.35. The molecule has 1 atom stereocenters. The number of hydrogen-bond donors (Lipinski definition) is 2. The lowest BCUT2D eigenvalue weighted by Gasteiger charge is -2.18. The van der Waals surface area contributed by atoms with E-state index in [2.05, 4.69) is 21.4 Å². The van der Waals surface area contributed by atoms with Crippen molar-refractivity contribution in [1.29, 1.82) is 0 Å². The van der Waals surface area contributed by atoms with E-state index in [1.807, 2.05) is 0 Å². The molecule has 0 aliphatic carbocycles. The van der Waals surface area contributed by atoms with Crippen molar-refractivity contribution in [2.24, 2.45) is 5.84 Å². The lowest BCUT2D eigenvalue weighted by Crippen LogP contribution is -2.29. The van der Waals surface area contributed by atoms with E-state index in [0.29, 0.717) is 11.1 Å². The monoisotopic (exact) mass is 312 g/mol. The van der Waals surface area contributed by atoms with Gasteiger partial charge in [0, 0.05) is 10.0 Å². The first-order chi connectivity index (χ1) is 8.61. The van der Waals surface area contributed by atoms with E-state index >= 15 is 0 Å². The van der Waals surface area contributed by atoms with Crippen LogP contribution in [0.5, 0.6) is 0 Å². The van der Waals surface area contributed by atoms with E-state index in [4.69, 9.17) is 5.84 Å². The molecule has 0 bridgehead atoms. The maximum Gasteiger partial charge on any atom is 0.128 e. The number of nitrogens with one attached hydrogen (secondary N) is 1. The van der Waals surface area contributed by atoms with Gasteiger partial charge in [-0.1, -0.05) is 28.1 Å². The summed E-state index contributed by atoms with van der Waals surface area (Å²) in [6.07, 6.45) is 0. The van der Waals surface area contributed by atoms with Gasteiger partial charge in [-0.2, -0.15) is 0 Å². The zero-order valence-corrected chi connectivity index (χ0v) is 10.9. The van der Waals surface area contributed by atoms with Gasteiger partial charge in [0.2, 0.25) is 0 Å². The molecule has 18 heavy (non-hydrogen) atoms. The molecule has 94 valence electrons. The standard InChI is InChI=1S/C13H11BrF2N2/c14-9-4-5-12(16)11(7-9)13(18-17)8-2-1-3-10(15)6-8/h1-7,13,18H,17H2. The zero-order valence-electron chi connectivity index (χ0n) is 9.33. The van der Waals surface area contributed by atoms with Gasteiger partial charge in [0.1, 0.15) is 11.6 Å². The Balaban J connectivity index is 2.48. The maximum absolute atomic E-state index is 13.8. The van der Waals surface area contributed by atoms with Crippen molar-refractivity contribution >= 4 is 15.9 Å². The van der Waals surface area contributed by atoms with Gasteiger partial charge in [-0.05, 0) is 35.9 Å². The lowest BCUT2D eigenvalue weighted by atomic mass is 9.99. The molecule has 0 saturated heterocycles. The van der Waals surface area contributed by atoms with Gasteiger partial charge in [0.05, 0.1) is 6.04 Å². The number of rotatable bonds is 3. The fraction of sp³-hybridized carbons (Fsp3) is 0.0769. The second-order valence-electron chi connectivity index (χ2n) is 3.82. The number of hydrazine groups is 1. The topological polar surface area (TPSA) is 38.0 Å². The Labute approximate surface area is 112 Å². The third-order valence-electron chi connectivity index (χ3n) is 2.62. The van der Waals surface area contributed by atoms with Crippen LogP contribution in [0.15, 0.2) is 46.9 Å². The van der Waals surface area contributed by atoms with Crippen LogP contribution in [0.2, 0.25) is 0 Å². The molecule has 2 nitrogen and oxygen atoms in total. The maximum atomic E-state index is 13.8. The Kier molecular flexibility index (Phi) is 4.06. The Bertz CT molecular complexity index is 560. The highest BCUT2D eigenvalue weighted by Crippen LogP contribution is 2.26. The number of benzene rings is 2. The van der Waals surface area contributed by atoms with Gasteiger partial charge in [-0.25, -0.2) is 14.2 Å². The van der Waals surface area contributed by atoms with Crippen LogP contribution < -0.4 is 11.3 Å². The Morgan fingerprint density at radius 3 is 2.56 bits per heavy atom. The average molecular weight is 313 g/mol. The molecule has 0 saturated carbocycles. The number of halogens is 3. The largest absolute Gasteiger partial charge is 0.271 e. The Morgan fingerprint density at radius 2 is 1.89 bits per heavy atom. The van der Waals surface area contributed by atoms with Crippen LogP contribution in [0.4, 0.5) is 8.78 Å². The summed E-state index contributed by atoms with van der Waals surface area (Å²) in [6.45, 7) is 0. The van der Waals surface area contributed by atoms with Gasteiger partial charge in [-0.3, -0.25) is 5.84 Å². The van der Waals surface area contributed by atoms with Crippen molar-refractivity contribution in [3.8, 4) is 0 Å². The minimum atomic E-state index is -0.599. The van der Waals surface area contributed by atoms with Crippen molar-refractivity contribution in [1.82, 2.24) is 5.43 Å². The summed E-state index contributed by atoms with van der Waals surface area (Å²) in [5.74, 6) is 4.67. The summed E-state index contributed by atoms with van der Waals surface area (Å²) in [4.78, 5) is 0. The van der Waals surface area contributed by atoms with Gasteiger partial charge in [0.25, 0.3) is 0 Å². The highest BCUT2D eigenvalue weighted by molar-refractivity contribution is 9.10. The SMILES string of the molecule is NNC(c1cccc(F)c1)c1cc(Br)ccc1F. The molecule has 0 spiro atoms. The minimum Gasteiger partial charge on any atom is -0.271 e. The van der Waals surface area contributed by atoms with Gasteiger partial charge in [-0.15, -0.1) is 0 Å². The minimum absolute atomic E-state index is 0.359. The Hall–Kier alpha value is -1.30. The van der Waals surface area contributed by atoms with Gasteiger partial charge >= 0.3 is 0 Å². The van der Waals surface area contributed by atoms with Crippen LogP contribution in [0.3, 0.4) is 0 Å². The van der Waals surface area contributed by atoms with Crippen molar-refractivity contribution in [3.05, 3.63) is 69.7 Å². The molecular weight excluding hydrogens is 302 g/mol. The van der Waals surface area contributed by atoms with Crippen LogP contribution in [-0.2, 0) is 0 Å². The zero-order chi connectivity index (χ0) is 13.1. The molecular formula is C13H11BrF2N2. The summed E-state index contributed by atoms with van der Waals surface area (Å²) in [5.41, 5.74) is 3.43. The molecule has 2 aromatic carbocycles. The van der Waals surface area contributed by atoms with Crippen molar-refractivity contribution in [2.45, 2.75) is 6.04 Å². The van der Waals surface area contributed by atoms with Crippen LogP contribution >= 0.6 is 15.9 Å². The second kappa shape index (κ2) is 5.56. The second-order valence-corrected chi connectivity index (χ2v) is 4.74. The predicted octanol–water partition coefficient (Wildman–Crippen LogP) is 3.28. The van der Waals surface area contributed by atoms with E-state index in [-0.39, 0.29) is 5.82 Å². The molecule has 0 aliphatic rings. The Morgan fingerprint density at radius 1 is 1.11 bits per heavy atom. The van der Waals surface area contributed by atoms with Crippen LogP contribution in [-0.4, -0.2) is 0 Å². The normalized spacial score (nSPS) is 12.4. The highest BCUT2D eigenvalue weighted by atomic mass is 79.9. The predicted molar refractivity (Wildman–Crippen MR) is 69.7 cm³/mol. The number of hydrogen-bond acceptors (Lipinski definition) is 2. The van der Waals surface area contributed by atoms with Gasteiger partial charge < -0.3 is 0 Å². The summed E-state index contributed by atoms with van der Waals surface area (Å²) >= 11 is 3.27. The first kappa shape index (κ1) is 13.1. The molecule has 1 unspecified atom stereocenters. The molecule has 0 aromatic heterocycles. The molecule has 0 aliphatic heterocycles. The quantitative estimate of drug-likeness (QED) is 0.674. The van der Waals surface area contributed by atoms with Crippen LogP contribution in [0.1, 0.15) is 17.2 Å². The van der Waals surface area contributed by atoms with Gasteiger partial charge in [0.15, 0.2) is 0 Å². The molecule has 2 rings (SSSR count). The molecule has 0 amide bonds. The van der Waals surface area contributed by atoms with Crippen molar-refractivity contribution < 1.29 is 8.78 Å². The highest BCUT2D eigenvalue weighted by Gasteiger charge is 2.17. The lowest BCUT2D eigenvalue weighted by molar-refractivity contribution is 0.555. The smallest absolute Gasteiger partial charge is 0.128 e. The van der Waals surface area contributed by atoms with E-state index in [0.717, 1.165) is 4.47 Å². The van der Waals surface area contributed by atoms with E-state index in [1.165, 1.54) is 18.2 Å².